The number of benzene rings is 1. The van der Waals surface area contributed by atoms with Gasteiger partial charge in [0, 0.05) is 28.5 Å². The third kappa shape index (κ3) is 3.04. The average Bonchev–Trinajstić information content (AvgIpc) is 2.38. The Bertz CT molecular complexity index is 456. The Morgan fingerprint density at radius 2 is 2.44 bits per heavy atom. The predicted octanol–water partition coefficient (Wildman–Crippen LogP) is 3.55. The fourth-order valence-corrected chi connectivity index (χ4v) is 2.63. The standard InChI is InChI=1S/C14H17BrN2O/c1-2-11(5-7-16)17-13-6-8-18-14-4-3-10(15)9-12(13)14/h3-4,9,11,13,17H,2,5-6,8H2,1H3. The lowest BCUT2D eigenvalue weighted by atomic mass is 9.98. The smallest absolute Gasteiger partial charge is 0.124 e. The lowest BCUT2D eigenvalue weighted by molar-refractivity contribution is 0.243. The molecule has 1 aliphatic rings. The molecular formula is C14H17BrN2O. The van der Waals surface area contributed by atoms with E-state index in [-0.39, 0.29) is 12.1 Å². The second-order valence-corrected chi connectivity index (χ2v) is 5.42. The van der Waals surface area contributed by atoms with Crippen LogP contribution < -0.4 is 10.1 Å². The minimum Gasteiger partial charge on any atom is -0.493 e. The molecule has 1 aromatic rings. The van der Waals surface area contributed by atoms with Crippen LogP contribution in [-0.2, 0) is 0 Å². The molecule has 0 aliphatic carbocycles. The van der Waals surface area contributed by atoms with Crippen molar-refractivity contribution in [3.8, 4) is 11.8 Å². The summed E-state index contributed by atoms with van der Waals surface area (Å²) in [4.78, 5) is 0. The van der Waals surface area contributed by atoms with Crippen LogP contribution in [0.15, 0.2) is 22.7 Å². The summed E-state index contributed by atoms with van der Waals surface area (Å²) in [6, 6.07) is 8.87. The normalized spacial score (nSPS) is 19.5. The van der Waals surface area contributed by atoms with E-state index in [0.29, 0.717) is 6.42 Å². The summed E-state index contributed by atoms with van der Waals surface area (Å²) in [6.07, 6.45) is 2.47. The zero-order chi connectivity index (χ0) is 13.0. The first kappa shape index (κ1) is 13.4. The van der Waals surface area contributed by atoms with Gasteiger partial charge in [-0.05, 0) is 24.6 Å². The number of hydrogen-bond donors (Lipinski definition) is 1. The van der Waals surface area contributed by atoms with Crippen LogP contribution in [0.4, 0.5) is 0 Å². The van der Waals surface area contributed by atoms with Gasteiger partial charge in [-0.15, -0.1) is 0 Å². The lowest BCUT2D eigenvalue weighted by Gasteiger charge is -2.29. The molecule has 1 aliphatic heterocycles. The quantitative estimate of drug-likeness (QED) is 0.925. The number of nitriles is 1. The lowest BCUT2D eigenvalue weighted by Crippen LogP contribution is -2.35. The molecule has 0 saturated carbocycles. The summed E-state index contributed by atoms with van der Waals surface area (Å²) in [7, 11) is 0. The van der Waals surface area contributed by atoms with Crippen molar-refractivity contribution in [3.63, 3.8) is 0 Å². The van der Waals surface area contributed by atoms with E-state index >= 15 is 0 Å². The topological polar surface area (TPSA) is 45.0 Å². The van der Waals surface area contributed by atoms with Crippen molar-refractivity contribution >= 4 is 15.9 Å². The van der Waals surface area contributed by atoms with E-state index in [2.05, 4.69) is 40.3 Å². The van der Waals surface area contributed by atoms with Crippen molar-refractivity contribution < 1.29 is 4.74 Å². The Balaban J connectivity index is 2.16. The molecule has 1 heterocycles. The van der Waals surface area contributed by atoms with Crippen LogP contribution >= 0.6 is 15.9 Å². The van der Waals surface area contributed by atoms with E-state index < -0.39 is 0 Å². The first-order chi connectivity index (χ1) is 8.74. The molecule has 3 nitrogen and oxygen atoms in total. The highest BCUT2D eigenvalue weighted by Crippen LogP contribution is 2.34. The van der Waals surface area contributed by atoms with Gasteiger partial charge in [0.1, 0.15) is 5.75 Å². The first-order valence-electron chi connectivity index (χ1n) is 6.29. The van der Waals surface area contributed by atoms with Gasteiger partial charge in [-0.2, -0.15) is 5.26 Å². The molecular weight excluding hydrogens is 292 g/mol. The number of halogens is 1. The zero-order valence-corrected chi connectivity index (χ0v) is 12.0. The maximum absolute atomic E-state index is 8.81. The van der Waals surface area contributed by atoms with Gasteiger partial charge >= 0.3 is 0 Å². The van der Waals surface area contributed by atoms with Crippen molar-refractivity contribution in [2.24, 2.45) is 0 Å². The molecule has 0 radical (unpaired) electrons. The zero-order valence-electron chi connectivity index (χ0n) is 10.4. The fraction of sp³-hybridized carbons (Fsp3) is 0.500. The number of ether oxygens (including phenoxy) is 1. The van der Waals surface area contributed by atoms with E-state index in [1.807, 2.05) is 12.1 Å². The summed E-state index contributed by atoms with van der Waals surface area (Å²) in [5, 5.41) is 12.4. The van der Waals surface area contributed by atoms with Gasteiger partial charge in [0.25, 0.3) is 0 Å². The molecule has 0 bridgehead atoms. The largest absolute Gasteiger partial charge is 0.493 e. The average molecular weight is 309 g/mol. The van der Waals surface area contributed by atoms with E-state index in [4.69, 9.17) is 10.00 Å². The molecule has 1 aromatic carbocycles. The van der Waals surface area contributed by atoms with Crippen LogP contribution in [0.5, 0.6) is 5.75 Å². The van der Waals surface area contributed by atoms with Gasteiger partial charge in [-0.3, -0.25) is 0 Å². The maximum atomic E-state index is 8.81. The summed E-state index contributed by atoms with van der Waals surface area (Å²) in [6.45, 7) is 2.84. The number of nitrogens with zero attached hydrogens (tertiary/aromatic N) is 1. The van der Waals surface area contributed by atoms with Crippen LogP contribution in [0.1, 0.15) is 37.8 Å². The Labute approximate surface area is 116 Å². The third-order valence-electron chi connectivity index (χ3n) is 3.28. The van der Waals surface area contributed by atoms with E-state index in [0.717, 1.165) is 29.7 Å². The van der Waals surface area contributed by atoms with Gasteiger partial charge in [0.2, 0.25) is 0 Å². The monoisotopic (exact) mass is 308 g/mol. The number of nitrogens with one attached hydrogen (secondary N) is 1. The van der Waals surface area contributed by atoms with E-state index in [1.54, 1.807) is 0 Å². The van der Waals surface area contributed by atoms with Gasteiger partial charge in [-0.25, -0.2) is 0 Å². The first-order valence-corrected chi connectivity index (χ1v) is 7.09. The minimum absolute atomic E-state index is 0.255. The molecule has 0 spiro atoms. The predicted molar refractivity (Wildman–Crippen MR) is 74.4 cm³/mol. The Kier molecular flexibility index (Phi) is 4.62. The second-order valence-electron chi connectivity index (χ2n) is 4.51. The van der Waals surface area contributed by atoms with Crippen LogP contribution in [-0.4, -0.2) is 12.6 Å². The highest BCUT2D eigenvalue weighted by molar-refractivity contribution is 9.10. The molecule has 0 fully saturated rings. The molecule has 0 amide bonds. The van der Waals surface area contributed by atoms with Crippen molar-refractivity contribution in [2.75, 3.05) is 6.61 Å². The Morgan fingerprint density at radius 1 is 1.61 bits per heavy atom. The van der Waals surface area contributed by atoms with Gasteiger partial charge in [0.05, 0.1) is 19.1 Å². The Morgan fingerprint density at radius 3 is 3.17 bits per heavy atom. The number of rotatable bonds is 4. The highest BCUT2D eigenvalue weighted by Gasteiger charge is 2.23. The summed E-state index contributed by atoms with van der Waals surface area (Å²) in [5.41, 5.74) is 1.19. The third-order valence-corrected chi connectivity index (χ3v) is 3.77. The molecule has 2 unspecified atom stereocenters. The number of hydrogen-bond acceptors (Lipinski definition) is 3. The SMILES string of the molecule is CCC(CC#N)NC1CCOc2ccc(Br)cc21. The van der Waals surface area contributed by atoms with Crippen LogP contribution in [0.2, 0.25) is 0 Å². The van der Waals surface area contributed by atoms with E-state index in [1.165, 1.54) is 5.56 Å². The van der Waals surface area contributed by atoms with Gasteiger partial charge in [-0.1, -0.05) is 22.9 Å². The van der Waals surface area contributed by atoms with Gasteiger partial charge in [0.15, 0.2) is 0 Å². The van der Waals surface area contributed by atoms with Crippen molar-refractivity contribution in [1.82, 2.24) is 5.32 Å². The molecule has 1 N–H and O–H groups in total. The van der Waals surface area contributed by atoms with Gasteiger partial charge < -0.3 is 10.1 Å². The van der Waals surface area contributed by atoms with Crippen molar-refractivity contribution in [1.29, 1.82) is 5.26 Å². The molecule has 0 saturated heterocycles. The van der Waals surface area contributed by atoms with Crippen LogP contribution in [0.25, 0.3) is 0 Å². The summed E-state index contributed by atoms with van der Waals surface area (Å²) in [5.74, 6) is 0.953. The number of fused-ring (bicyclic) bond motifs is 1. The molecule has 2 rings (SSSR count). The summed E-state index contributed by atoms with van der Waals surface area (Å²) >= 11 is 3.50. The fourth-order valence-electron chi connectivity index (χ4n) is 2.25. The minimum atomic E-state index is 0.255. The Hall–Kier alpha value is -1.05. The van der Waals surface area contributed by atoms with E-state index in [9.17, 15) is 0 Å². The molecule has 2 atom stereocenters. The van der Waals surface area contributed by atoms with Crippen LogP contribution in [0.3, 0.4) is 0 Å². The summed E-state index contributed by atoms with van der Waals surface area (Å²) < 4.78 is 6.72. The molecule has 96 valence electrons. The van der Waals surface area contributed by atoms with Crippen LogP contribution in [0, 0.1) is 11.3 Å². The second kappa shape index (κ2) is 6.21. The van der Waals surface area contributed by atoms with Crippen molar-refractivity contribution in [2.45, 2.75) is 38.3 Å². The maximum Gasteiger partial charge on any atom is 0.124 e. The molecule has 4 heteroatoms. The highest BCUT2D eigenvalue weighted by atomic mass is 79.9. The van der Waals surface area contributed by atoms with Crippen molar-refractivity contribution in [3.05, 3.63) is 28.2 Å². The molecule has 0 aromatic heterocycles. The molecule has 18 heavy (non-hydrogen) atoms.